The van der Waals surface area contributed by atoms with Crippen molar-refractivity contribution < 1.29 is 19.2 Å². The van der Waals surface area contributed by atoms with E-state index in [1.165, 1.54) is 27.7 Å². The third-order valence-corrected chi connectivity index (χ3v) is 5.50. The number of amides is 4. The van der Waals surface area contributed by atoms with Crippen LogP contribution in [0.2, 0.25) is 0 Å². The van der Waals surface area contributed by atoms with Gasteiger partial charge in [0.25, 0.3) is 0 Å². The first kappa shape index (κ1) is 34.0. The van der Waals surface area contributed by atoms with E-state index in [1.54, 1.807) is 0 Å². The lowest BCUT2D eigenvalue weighted by atomic mass is 9.80. The molecule has 0 bridgehead atoms. The Morgan fingerprint density at radius 2 is 1.06 bits per heavy atom. The molecule has 200 valence electrons. The standard InChI is InChI=1S/2C13H26N2O2/c1-10(9-15-12(3)17)8-13(4,5)6-7-14-11(2)16;1-10(6-7-14-11(2)16)8-13(4,5)9-15-12(3)17/h2*10H,6-9H2,1-5H3,(H,14,16)(H,15,17). The molecule has 0 fully saturated rings. The first-order chi connectivity index (χ1) is 15.5. The lowest BCUT2D eigenvalue weighted by molar-refractivity contribution is -0.120. The van der Waals surface area contributed by atoms with Gasteiger partial charge in [0, 0.05) is 53.9 Å². The van der Waals surface area contributed by atoms with E-state index in [9.17, 15) is 19.2 Å². The number of nitrogens with one attached hydrogen (secondary N) is 4. The van der Waals surface area contributed by atoms with Crippen LogP contribution < -0.4 is 21.3 Å². The third-order valence-electron chi connectivity index (χ3n) is 5.50. The summed E-state index contributed by atoms with van der Waals surface area (Å²) >= 11 is 0. The van der Waals surface area contributed by atoms with Gasteiger partial charge in [0.1, 0.15) is 0 Å². The highest BCUT2D eigenvalue weighted by Crippen LogP contribution is 2.28. The van der Waals surface area contributed by atoms with Crippen molar-refractivity contribution in [3.8, 4) is 0 Å². The van der Waals surface area contributed by atoms with Crippen molar-refractivity contribution in [2.24, 2.45) is 22.7 Å². The van der Waals surface area contributed by atoms with Gasteiger partial charge in [0.05, 0.1) is 0 Å². The number of carbonyl (C=O) groups excluding carboxylic acids is 4. The van der Waals surface area contributed by atoms with Crippen molar-refractivity contribution in [3.05, 3.63) is 0 Å². The van der Waals surface area contributed by atoms with E-state index in [4.69, 9.17) is 0 Å². The lowest BCUT2D eigenvalue weighted by Crippen LogP contribution is -2.34. The van der Waals surface area contributed by atoms with Gasteiger partial charge >= 0.3 is 0 Å². The fourth-order valence-corrected chi connectivity index (χ4v) is 3.99. The quantitative estimate of drug-likeness (QED) is 0.302. The summed E-state index contributed by atoms with van der Waals surface area (Å²) in [6.07, 6.45) is 4.00. The van der Waals surface area contributed by atoms with Crippen molar-refractivity contribution in [2.75, 3.05) is 26.2 Å². The third kappa shape index (κ3) is 24.5. The van der Waals surface area contributed by atoms with Crippen LogP contribution in [-0.2, 0) is 19.2 Å². The molecular formula is C26H52N4O4. The Hall–Kier alpha value is -2.12. The number of hydrogen-bond acceptors (Lipinski definition) is 4. The Kier molecular flexibility index (Phi) is 17.4. The minimum absolute atomic E-state index is 0.0176. The minimum Gasteiger partial charge on any atom is -0.356 e. The summed E-state index contributed by atoms with van der Waals surface area (Å²) in [6, 6.07) is 0. The van der Waals surface area contributed by atoms with Crippen LogP contribution in [0.25, 0.3) is 0 Å². The van der Waals surface area contributed by atoms with Gasteiger partial charge < -0.3 is 21.3 Å². The molecule has 0 aliphatic rings. The molecule has 0 aromatic rings. The molecule has 0 saturated heterocycles. The highest BCUT2D eigenvalue weighted by Gasteiger charge is 2.22. The summed E-state index contributed by atoms with van der Waals surface area (Å²) in [5.74, 6) is 1.07. The van der Waals surface area contributed by atoms with E-state index in [-0.39, 0.29) is 34.5 Å². The Balaban J connectivity index is 0. The predicted octanol–water partition coefficient (Wildman–Crippen LogP) is 3.40. The fourth-order valence-electron chi connectivity index (χ4n) is 3.99. The second kappa shape index (κ2) is 17.3. The van der Waals surface area contributed by atoms with Gasteiger partial charge in [-0.15, -0.1) is 0 Å². The van der Waals surface area contributed by atoms with Crippen LogP contribution in [0, 0.1) is 22.7 Å². The first-order valence-corrected chi connectivity index (χ1v) is 12.4. The van der Waals surface area contributed by atoms with Crippen molar-refractivity contribution in [2.45, 2.75) is 94.9 Å². The normalized spacial score (nSPS) is 13.0. The molecule has 0 saturated carbocycles. The van der Waals surface area contributed by atoms with E-state index in [1.807, 2.05) is 0 Å². The van der Waals surface area contributed by atoms with E-state index >= 15 is 0 Å². The molecule has 0 heterocycles. The van der Waals surface area contributed by atoms with Gasteiger partial charge in [0.15, 0.2) is 0 Å². The molecule has 0 radical (unpaired) electrons. The average Bonchev–Trinajstić information content (AvgIpc) is 2.64. The van der Waals surface area contributed by atoms with E-state index in [0.29, 0.717) is 18.4 Å². The van der Waals surface area contributed by atoms with Gasteiger partial charge in [-0.1, -0.05) is 41.5 Å². The average molecular weight is 485 g/mol. The molecule has 0 aliphatic heterocycles. The van der Waals surface area contributed by atoms with Gasteiger partial charge in [-0.2, -0.15) is 0 Å². The molecular weight excluding hydrogens is 432 g/mol. The minimum atomic E-state index is 0.0176. The predicted molar refractivity (Wildman–Crippen MR) is 139 cm³/mol. The van der Waals surface area contributed by atoms with Crippen LogP contribution in [0.5, 0.6) is 0 Å². The molecule has 0 spiro atoms. The van der Waals surface area contributed by atoms with Gasteiger partial charge in [0.2, 0.25) is 23.6 Å². The zero-order chi connectivity index (χ0) is 26.9. The highest BCUT2D eigenvalue weighted by molar-refractivity contribution is 5.73. The summed E-state index contributed by atoms with van der Waals surface area (Å²) in [6.45, 7) is 22.0. The van der Waals surface area contributed by atoms with Gasteiger partial charge in [-0.05, 0) is 48.3 Å². The summed E-state index contributed by atoms with van der Waals surface area (Å²) < 4.78 is 0. The zero-order valence-electron chi connectivity index (χ0n) is 23.4. The summed E-state index contributed by atoms with van der Waals surface area (Å²) in [7, 11) is 0. The van der Waals surface area contributed by atoms with Crippen LogP contribution in [0.3, 0.4) is 0 Å². The highest BCUT2D eigenvalue weighted by atomic mass is 16.2. The zero-order valence-corrected chi connectivity index (χ0v) is 23.4. The lowest BCUT2D eigenvalue weighted by Gasteiger charge is -2.28. The number of carbonyl (C=O) groups is 4. The van der Waals surface area contributed by atoms with E-state index < -0.39 is 0 Å². The van der Waals surface area contributed by atoms with Gasteiger partial charge in [-0.25, -0.2) is 0 Å². The monoisotopic (exact) mass is 484 g/mol. The Bertz CT molecular complexity index is 632. The molecule has 8 nitrogen and oxygen atoms in total. The van der Waals surface area contributed by atoms with Gasteiger partial charge in [-0.3, -0.25) is 19.2 Å². The molecule has 4 N–H and O–H groups in total. The maximum absolute atomic E-state index is 10.9. The molecule has 0 rings (SSSR count). The van der Waals surface area contributed by atoms with Crippen molar-refractivity contribution in [1.29, 1.82) is 0 Å². The fraction of sp³-hybridized carbons (Fsp3) is 0.846. The second-order valence-corrected chi connectivity index (χ2v) is 11.3. The van der Waals surface area contributed by atoms with E-state index in [2.05, 4.69) is 62.8 Å². The smallest absolute Gasteiger partial charge is 0.216 e. The Labute approximate surface area is 208 Å². The topological polar surface area (TPSA) is 116 Å². The first-order valence-electron chi connectivity index (χ1n) is 12.4. The largest absolute Gasteiger partial charge is 0.356 e. The molecule has 4 amide bonds. The number of rotatable bonds is 14. The molecule has 0 aromatic heterocycles. The van der Waals surface area contributed by atoms with Crippen LogP contribution in [-0.4, -0.2) is 49.8 Å². The Morgan fingerprint density at radius 3 is 1.53 bits per heavy atom. The van der Waals surface area contributed by atoms with Crippen LogP contribution >= 0.6 is 0 Å². The molecule has 8 heteroatoms. The Morgan fingerprint density at radius 1 is 0.618 bits per heavy atom. The van der Waals surface area contributed by atoms with Crippen LogP contribution in [0.1, 0.15) is 94.9 Å². The number of hydrogen-bond donors (Lipinski definition) is 4. The summed E-state index contributed by atoms with van der Waals surface area (Å²) in [4.78, 5) is 43.2. The summed E-state index contributed by atoms with van der Waals surface area (Å²) in [5, 5.41) is 11.3. The molecule has 0 aliphatic carbocycles. The summed E-state index contributed by atoms with van der Waals surface area (Å²) in [5.41, 5.74) is 0.279. The molecule has 34 heavy (non-hydrogen) atoms. The maximum Gasteiger partial charge on any atom is 0.216 e. The molecule has 2 unspecified atom stereocenters. The molecule has 2 atom stereocenters. The SMILES string of the molecule is CC(=O)NCCC(C)(C)CC(C)CNC(C)=O.CC(=O)NCCC(C)CC(C)(C)CNC(C)=O. The van der Waals surface area contributed by atoms with Crippen LogP contribution in [0.15, 0.2) is 0 Å². The van der Waals surface area contributed by atoms with Crippen molar-refractivity contribution >= 4 is 23.6 Å². The van der Waals surface area contributed by atoms with Crippen molar-refractivity contribution in [1.82, 2.24) is 21.3 Å². The molecule has 0 aromatic carbocycles. The second-order valence-electron chi connectivity index (χ2n) is 11.3. The van der Waals surface area contributed by atoms with Crippen molar-refractivity contribution in [3.63, 3.8) is 0 Å². The van der Waals surface area contributed by atoms with Crippen LogP contribution in [0.4, 0.5) is 0 Å². The maximum atomic E-state index is 10.9. The van der Waals surface area contributed by atoms with E-state index in [0.717, 1.165) is 45.3 Å².